The first-order valence-electron chi connectivity index (χ1n) is 14.4. The van der Waals surface area contributed by atoms with Gasteiger partial charge in [-0.05, 0) is 74.0 Å². The van der Waals surface area contributed by atoms with Gasteiger partial charge in [-0.2, -0.15) is 5.26 Å². The van der Waals surface area contributed by atoms with Crippen LogP contribution in [0.4, 0.5) is 0 Å². The molecule has 0 aliphatic heterocycles. The van der Waals surface area contributed by atoms with Gasteiger partial charge >= 0.3 is 0 Å². The molecule has 0 spiro atoms. The largest absolute Gasteiger partial charge is 0.255 e. The van der Waals surface area contributed by atoms with Crippen molar-refractivity contribution in [3.63, 3.8) is 0 Å². The van der Waals surface area contributed by atoms with E-state index in [9.17, 15) is 5.26 Å². The van der Waals surface area contributed by atoms with E-state index in [1.165, 1.54) is 44.2 Å². The van der Waals surface area contributed by atoms with Crippen LogP contribution in [0, 0.1) is 11.3 Å². The van der Waals surface area contributed by atoms with Crippen molar-refractivity contribution >= 4 is 10.8 Å². The zero-order valence-corrected chi connectivity index (χ0v) is 23.3. The van der Waals surface area contributed by atoms with E-state index in [1.54, 1.807) is 18.3 Å². The number of fused-ring (bicyclic) bond motifs is 5. The molecular formula is C40H25N3. The molecule has 2 heterocycles. The van der Waals surface area contributed by atoms with E-state index >= 15 is 0 Å². The average molecular weight is 548 g/mol. The molecule has 0 saturated heterocycles. The van der Waals surface area contributed by atoms with E-state index in [-0.39, 0.29) is 0 Å². The van der Waals surface area contributed by atoms with Crippen molar-refractivity contribution in [2.75, 3.05) is 0 Å². The number of benzene rings is 5. The van der Waals surface area contributed by atoms with Gasteiger partial charge in [0, 0.05) is 18.0 Å². The fourth-order valence-electron chi connectivity index (χ4n) is 6.80. The van der Waals surface area contributed by atoms with Crippen LogP contribution in [-0.4, -0.2) is 9.97 Å². The van der Waals surface area contributed by atoms with Crippen molar-refractivity contribution < 1.29 is 0 Å². The van der Waals surface area contributed by atoms with Crippen LogP contribution in [0.3, 0.4) is 0 Å². The molecule has 0 atom stereocenters. The van der Waals surface area contributed by atoms with Crippen LogP contribution in [0.1, 0.15) is 27.8 Å². The predicted molar refractivity (Wildman–Crippen MR) is 172 cm³/mol. The molecule has 7 aromatic rings. The highest BCUT2D eigenvalue weighted by Crippen LogP contribution is 2.58. The topological polar surface area (TPSA) is 49.6 Å². The van der Waals surface area contributed by atoms with Gasteiger partial charge in [0.15, 0.2) is 0 Å². The third kappa shape index (κ3) is 3.81. The Kier molecular flexibility index (Phi) is 5.74. The normalized spacial score (nSPS) is 12.8. The second-order valence-electron chi connectivity index (χ2n) is 10.9. The minimum atomic E-state index is -0.449. The molecule has 3 nitrogen and oxygen atoms in total. The molecule has 200 valence electrons. The number of nitrogens with zero attached hydrogens (tertiary/aromatic N) is 3. The zero-order chi connectivity index (χ0) is 28.8. The third-order valence-electron chi connectivity index (χ3n) is 8.69. The third-order valence-corrected chi connectivity index (χ3v) is 8.69. The summed E-state index contributed by atoms with van der Waals surface area (Å²) in [7, 11) is 0. The Balaban J connectivity index is 1.37. The van der Waals surface area contributed by atoms with Gasteiger partial charge in [-0.3, -0.25) is 9.97 Å². The van der Waals surface area contributed by atoms with Gasteiger partial charge < -0.3 is 0 Å². The molecule has 1 aliphatic rings. The van der Waals surface area contributed by atoms with Gasteiger partial charge in [-0.25, -0.2) is 0 Å². The second kappa shape index (κ2) is 9.91. The molecule has 0 saturated carbocycles. The molecule has 0 amide bonds. The van der Waals surface area contributed by atoms with Crippen molar-refractivity contribution in [3.8, 4) is 39.7 Å². The van der Waals surface area contributed by atoms with Crippen molar-refractivity contribution in [1.82, 2.24) is 9.97 Å². The SMILES string of the molecule is N#Cc1ccnc(-c2ccc(-c3ccc4c(c3)-c3c(ccc5ccccc35)C4(c3ccccc3)c3ccccc3)cn2)c1. The second-order valence-corrected chi connectivity index (χ2v) is 10.9. The first-order chi connectivity index (χ1) is 21.3. The highest BCUT2D eigenvalue weighted by Gasteiger charge is 2.46. The molecule has 0 N–H and O–H groups in total. The first kappa shape index (κ1) is 24.9. The van der Waals surface area contributed by atoms with Crippen LogP contribution in [0.2, 0.25) is 0 Å². The summed E-state index contributed by atoms with van der Waals surface area (Å²) in [6.07, 6.45) is 3.55. The van der Waals surface area contributed by atoms with Gasteiger partial charge in [0.05, 0.1) is 28.4 Å². The van der Waals surface area contributed by atoms with Crippen molar-refractivity contribution in [3.05, 3.63) is 180 Å². The van der Waals surface area contributed by atoms with Crippen LogP contribution in [0.5, 0.6) is 0 Å². The minimum absolute atomic E-state index is 0.449. The maximum atomic E-state index is 9.30. The molecule has 0 fully saturated rings. The lowest BCUT2D eigenvalue weighted by Gasteiger charge is -2.34. The molecule has 43 heavy (non-hydrogen) atoms. The van der Waals surface area contributed by atoms with E-state index in [4.69, 9.17) is 4.98 Å². The highest BCUT2D eigenvalue weighted by atomic mass is 14.8. The summed E-state index contributed by atoms with van der Waals surface area (Å²) in [6.45, 7) is 0. The lowest BCUT2D eigenvalue weighted by atomic mass is 9.67. The van der Waals surface area contributed by atoms with Gasteiger partial charge in [0.2, 0.25) is 0 Å². The number of hydrogen-bond donors (Lipinski definition) is 0. The minimum Gasteiger partial charge on any atom is -0.255 e. The van der Waals surface area contributed by atoms with Gasteiger partial charge in [0.1, 0.15) is 0 Å². The molecule has 3 heteroatoms. The van der Waals surface area contributed by atoms with Gasteiger partial charge in [-0.15, -0.1) is 0 Å². The molecule has 0 bridgehead atoms. The number of nitriles is 1. The maximum absolute atomic E-state index is 9.30. The van der Waals surface area contributed by atoms with Gasteiger partial charge in [-0.1, -0.05) is 115 Å². The average Bonchev–Trinajstić information content (AvgIpc) is 3.40. The standard InChI is InChI=1S/C40H25N3/c41-25-27-21-22-42-38(23-27)37-20-17-30(26-43-37)29-16-18-35-34(24-29)39-33-14-8-7-9-28(33)15-19-36(39)40(35,31-10-3-1-4-11-31)32-12-5-2-6-13-32/h1-24,26H. The van der Waals surface area contributed by atoms with Crippen LogP contribution in [-0.2, 0) is 5.41 Å². The smallest absolute Gasteiger partial charge is 0.0992 e. The number of hydrogen-bond acceptors (Lipinski definition) is 3. The summed E-state index contributed by atoms with van der Waals surface area (Å²) in [5.41, 5.74) is 11.3. The Morgan fingerprint density at radius 3 is 1.98 bits per heavy atom. The summed E-state index contributed by atoms with van der Waals surface area (Å²) in [6, 6.07) is 51.6. The first-order valence-corrected chi connectivity index (χ1v) is 14.4. The van der Waals surface area contributed by atoms with Crippen LogP contribution < -0.4 is 0 Å². The summed E-state index contributed by atoms with van der Waals surface area (Å²) >= 11 is 0. The van der Waals surface area contributed by atoms with E-state index < -0.39 is 5.41 Å². The number of pyridine rings is 2. The summed E-state index contributed by atoms with van der Waals surface area (Å²) in [5, 5.41) is 11.8. The van der Waals surface area contributed by atoms with E-state index in [1.807, 2.05) is 12.3 Å². The Hall–Kier alpha value is -5.85. The van der Waals surface area contributed by atoms with E-state index in [0.29, 0.717) is 11.3 Å². The molecular weight excluding hydrogens is 522 g/mol. The van der Waals surface area contributed by atoms with Crippen LogP contribution in [0.25, 0.3) is 44.4 Å². The predicted octanol–water partition coefficient (Wildman–Crippen LogP) is 9.20. The van der Waals surface area contributed by atoms with Crippen LogP contribution in [0.15, 0.2) is 152 Å². The zero-order valence-electron chi connectivity index (χ0n) is 23.3. The Morgan fingerprint density at radius 2 is 1.26 bits per heavy atom. The van der Waals surface area contributed by atoms with Crippen molar-refractivity contribution in [2.24, 2.45) is 0 Å². The lowest BCUT2D eigenvalue weighted by molar-refractivity contribution is 0.769. The quantitative estimate of drug-likeness (QED) is 0.221. The molecule has 0 radical (unpaired) electrons. The lowest BCUT2D eigenvalue weighted by Crippen LogP contribution is -2.28. The number of rotatable bonds is 4. The fraction of sp³-hybridized carbons (Fsp3) is 0.0250. The molecule has 0 unspecified atom stereocenters. The summed E-state index contributed by atoms with van der Waals surface area (Å²) in [5.74, 6) is 0. The summed E-state index contributed by atoms with van der Waals surface area (Å²) in [4.78, 5) is 9.16. The molecule has 8 rings (SSSR count). The van der Waals surface area contributed by atoms with Crippen molar-refractivity contribution in [1.29, 1.82) is 5.26 Å². The molecule has 2 aromatic heterocycles. The number of aromatic nitrogens is 2. The fourth-order valence-corrected chi connectivity index (χ4v) is 6.80. The Bertz CT molecular complexity index is 2140. The Labute approximate surface area is 250 Å². The monoisotopic (exact) mass is 547 g/mol. The highest BCUT2D eigenvalue weighted by molar-refractivity contribution is 6.04. The molecule has 1 aliphatic carbocycles. The van der Waals surface area contributed by atoms with E-state index in [2.05, 4.69) is 132 Å². The van der Waals surface area contributed by atoms with Crippen LogP contribution >= 0.6 is 0 Å². The maximum Gasteiger partial charge on any atom is 0.0992 e. The molecule has 5 aromatic carbocycles. The van der Waals surface area contributed by atoms with E-state index in [0.717, 1.165) is 16.8 Å². The van der Waals surface area contributed by atoms with Crippen molar-refractivity contribution in [2.45, 2.75) is 5.41 Å². The van der Waals surface area contributed by atoms with Gasteiger partial charge in [0.25, 0.3) is 0 Å². The Morgan fingerprint density at radius 1 is 0.558 bits per heavy atom. The summed E-state index contributed by atoms with van der Waals surface area (Å²) < 4.78 is 0.